The molecule has 2 fully saturated rings. The van der Waals surface area contributed by atoms with Gasteiger partial charge in [0, 0.05) is 37.7 Å². The number of rotatable bonds is 3. The van der Waals surface area contributed by atoms with E-state index in [1.54, 1.807) is 4.90 Å². The van der Waals surface area contributed by atoms with Gasteiger partial charge in [-0.1, -0.05) is 18.2 Å². The van der Waals surface area contributed by atoms with Crippen LogP contribution in [0.5, 0.6) is 5.75 Å². The number of carbonyl (C=O) groups is 2. The first kappa shape index (κ1) is 18.3. The Morgan fingerprint density at radius 3 is 2.63 bits per heavy atom. The van der Waals surface area contributed by atoms with Crippen molar-refractivity contribution in [2.45, 2.75) is 25.3 Å². The van der Waals surface area contributed by atoms with Crippen LogP contribution in [0.15, 0.2) is 24.3 Å². The summed E-state index contributed by atoms with van der Waals surface area (Å²) in [6.45, 7) is 7.12. The molecule has 3 aliphatic rings. The van der Waals surface area contributed by atoms with Gasteiger partial charge in [-0.15, -0.1) is 0 Å². The van der Waals surface area contributed by atoms with Crippen molar-refractivity contribution in [3.05, 3.63) is 29.8 Å². The van der Waals surface area contributed by atoms with E-state index in [1.807, 2.05) is 38.1 Å². The summed E-state index contributed by atoms with van der Waals surface area (Å²) in [5.74, 6) is -0.469. The van der Waals surface area contributed by atoms with Crippen LogP contribution in [0, 0.1) is 5.41 Å². The highest BCUT2D eigenvalue weighted by Crippen LogP contribution is 2.50. The van der Waals surface area contributed by atoms with E-state index in [4.69, 9.17) is 9.47 Å². The first-order valence-corrected chi connectivity index (χ1v) is 9.43. The number of morpholine rings is 1. The topological polar surface area (TPSA) is 79.3 Å². The molecule has 2 saturated heterocycles. The number of ether oxygens (including phenoxy) is 2. The quantitative estimate of drug-likeness (QED) is 0.856. The van der Waals surface area contributed by atoms with Gasteiger partial charge in [0.15, 0.2) is 0 Å². The van der Waals surface area contributed by atoms with Crippen molar-refractivity contribution in [3.8, 4) is 5.75 Å². The Kier molecular flexibility index (Phi) is 4.39. The summed E-state index contributed by atoms with van der Waals surface area (Å²) < 4.78 is 11.2. The number of likely N-dealkylation sites (tertiary alicyclic amines) is 1. The largest absolute Gasteiger partial charge is 0.492 e. The molecule has 1 N–H and O–H groups in total. The SMILES string of the molecule is CC(C)(C(=O)N1C[C@H]2c3ccccc3OC[C@@]2(C(=O)O)C1)N1CCOCC1. The number of nitrogens with zero attached hydrogens (tertiary/aromatic N) is 2. The van der Waals surface area contributed by atoms with E-state index in [0.29, 0.717) is 32.8 Å². The Bertz CT molecular complexity index is 758. The fourth-order valence-electron chi connectivity index (χ4n) is 4.64. The number of para-hydroxylation sites is 1. The molecule has 0 spiro atoms. The zero-order valence-electron chi connectivity index (χ0n) is 15.8. The minimum atomic E-state index is -1.09. The van der Waals surface area contributed by atoms with Crippen LogP contribution < -0.4 is 4.74 Å². The number of hydrogen-bond acceptors (Lipinski definition) is 5. The molecule has 2 atom stereocenters. The first-order valence-electron chi connectivity index (χ1n) is 9.43. The maximum absolute atomic E-state index is 13.4. The van der Waals surface area contributed by atoms with Gasteiger partial charge in [0.1, 0.15) is 17.8 Å². The Morgan fingerprint density at radius 2 is 1.93 bits per heavy atom. The maximum atomic E-state index is 13.4. The lowest BCUT2D eigenvalue weighted by Gasteiger charge is -2.41. The molecule has 0 aliphatic carbocycles. The molecular formula is C20H26N2O5. The summed E-state index contributed by atoms with van der Waals surface area (Å²) in [5, 5.41) is 10.0. The molecule has 1 amide bonds. The Hall–Kier alpha value is -2.12. The van der Waals surface area contributed by atoms with Gasteiger partial charge in [-0.2, -0.15) is 0 Å². The van der Waals surface area contributed by atoms with Crippen LogP contribution in [0.25, 0.3) is 0 Å². The van der Waals surface area contributed by atoms with Gasteiger partial charge in [0.05, 0.1) is 18.8 Å². The number of hydrogen-bond donors (Lipinski definition) is 1. The van der Waals surface area contributed by atoms with Crippen molar-refractivity contribution in [2.75, 3.05) is 46.0 Å². The van der Waals surface area contributed by atoms with Crippen LogP contribution >= 0.6 is 0 Å². The second-order valence-electron chi connectivity index (χ2n) is 8.18. The van der Waals surface area contributed by atoms with Crippen LogP contribution in [-0.2, 0) is 14.3 Å². The van der Waals surface area contributed by atoms with Crippen molar-refractivity contribution in [2.24, 2.45) is 5.41 Å². The molecule has 0 unspecified atom stereocenters. The molecule has 146 valence electrons. The fourth-order valence-corrected chi connectivity index (χ4v) is 4.64. The number of aliphatic carboxylic acids is 1. The average molecular weight is 374 g/mol. The van der Waals surface area contributed by atoms with Crippen LogP contribution in [0.2, 0.25) is 0 Å². The highest BCUT2D eigenvalue weighted by Gasteiger charge is 2.58. The monoisotopic (exact) mass is 374 g/mol. The van der Waals surface area contributed by atoms with Gasteiger partial charge in [-0.3, -0.25) is 14.5 Å². The molecule has 0 saturated carbocycles. The number of fused-ring (bicyclic) bond motifs is 3. The van der Waals surface area contributed by atoms with Gasteiger partial charge < -0.3 is 19.5 Å². The van der Waals surface area contributed by atoms with Crippen LogP contribution in [0.4, 0.5) is 0 Å². The second kappa shape index (κ2) is 6.49. The lowest BCUT2D eigenvalue weighted by molar-refractivity contribution is -0.153. The van der Waals surface area contributed by atoms with E-state index in [0.717, 1.165) is 11.3 Å². The molecule has 0 radical (unpaired) electrons. The zero-order chi connectivity index (χ0) is 19.2. The second-order valence-corrected chi connectivity index (χ2v) is 8.18. The number of carboxylic acid groups (broad SMARTS) is 1. The molecule has 0 bridgehead atoms. The summed E-state index contributed by atoms with van der Waals surface area (Å²) in [6, 6.07) is 7.55. The number of benzene rings is 1. The van der Waals surface area contributed by atoms with E-state index in [1.165, 1.54) is 0 Å². The number of carbonyl (C=O) groups excluding carboxylic acids is 1. The molecule has 7 heteroatoms. The molecule has 3 aliphatic heterocycles. The van der Waals surface area contributed by atoms with E-state index in [9.17, 15) is 14.7 Å². The number of amides is 1. The van der Waals surface area contributed by atoms with Crippen LogP contribution in [-0.4, -0.2) is 78.3 Å². The molecule has 1 aromatic rings. The molecule has 1 aromatic carbocycles. The third kappa shape index (κ3) is 2.80. The normalized spacial score (nSPS) is 28.2. The molecule has 27 heavy (non-hydrogen) atoms. The molecule has 3 heterocycles. The predicted molar refractivity (Wildman–Crippen MR) is 97.8 cm³/mol. The van der Waals surface area contributed by atoms with Gasteiger partial charge in [0.25, 0.3) is 0 Å². The summed E-state index contributed by atoms with van der Waals surface area (Å²) in [4.78, 5) is 29.5. The maximum Gasteiger partial charge on any atom is 0.315 e. The standard InChI is InChI=1S/C20H26N2O5/c1-19(2,22-7-9-26-10-8-22)17(23)21-11-15-14-5-3-4-6-16(14)27-13-20(15,12-21)18(24)25/h3-6,15H,7-13H2,1-2H3,(H,24,25)/t15-,20-/m0/s1. The molecule has 4 rings (SSSR count). The van der Waals surface area contributed by atoms with E-state index < -0.39 is 16.9 Å². The van der Waals surface area contributed by atoms with E-state index >= 15 is 0 Å². The smallest absolute Gasteiger partial charge is 0.315 e. The van der Waals surface area contributed by atoms with Gasteiger partial charge in [0.2, 0.25) is 5.91 Å². The third-order valence-corrected chi connectivity index (χ3v) is 6.36. The van der Waals surface area contributed by atoms with Crippen LogP contribution in [0.3, 0.4) is 0 Å². The van der Waals surface area contributed by atoms with Crippen molar-refractivity contribution in [1.82, 2.24) is 9.80 Å². The molecular weight excluding hydrogens is 348 g/mol. The van der Waals surface area contributed by atoms with Gasteiger partial charge in [-0.05, 0) is 19.9 Å². The third-order valence-electron chi connectivity index (χ3n) is 6.36. The summed E-state index contributed by atoms with van der Waals surface area (Å²) >= 11 is 0. The molecule has 0 aromatic heterocycles. The minimum absolute atomic E-state index is 0.0306. The molecule has 7 nitrogen and oxygen atoms in total. The Labute approximate surface area is 158 Å². The average Bonchev–Trinajstić information content (AvgIpc) is 3.09. The predicted octanol–water partition coefficient (Wildman–Crippen LogP) is 1.19. The van der Waals surface area contributed by atoms with Crippen molar-refractivity contribution in [1.29, 1.82) is 0 Å². The summed E-state index contributed by atoms with van der Waals surface area (Å²) in [5.41, 5.74) is -0.909. The van der Waals surface area contributed by atoms with Crippen molar-refractivity contribution in [3.63, 3.8) is 0 Å². The Morgan fingerprint density at radius 1 is 1.22 bits per heavy atom. The lowest BCUT2D eigenvalue weighted by atomic mass is 9.73. The summed E-state index contributed by atoms with van der Waals surface area (Å²) in [7, 11) is 0. The zero-order valence-corrected chi connectivity index (χ0v) is 15.8. The van der Waals surface area contributed by atoms with Gasteiger partial charge >= 0.3 is 5.97 Å². The Balaban J connectivity index is 1.63. The minimum Gasteiger partial charge on any atom is -0.492 e. The van der Waals surface area contributed by atoms with Crippen molar-refractivity contribution < 1.29 is 24.2 Å². The van der Waals surface area contributed by atoms with Gasteiger partial charge in [-0.25, -0.2) is 0 Å². The number of carboxylic acids is 1. The first-order chi connectivity index (χ1) is 12.9. The van der Waals surface area contributed by atoms with Crippen molar-refractivity contribution >= 4 is 11.9 Å². The van der Waals surface area contributed by atoms with E-state index in [2.05, 4.69) is 4.90 Å². The summed E-state index contributed by atoms with van der Waals surface area (Å²) in [6.07, 6.45) is 0. The lowest BCUT2D eigenvalue weighted by Crippen LogP contribution is -2.59. The van der Waals surface area contributed by atoms with E-state index in [-0.39, 0.29) is 25.0 Å². The van der Waals surface area contributed by atoms with Crippen LogP contribution in [0.1, 0.15) is 25.3 Å². The highest BCUT2D eigenvalue weighted by atomic mass is 16.5. The fraction of sp³-hybridized carbons (Fsp3) is 0.600. The highest BCUT2D eigenvalue weighted by molar-refractivity contribution is 5.88.